The number of hydrogen-bond donors (Lipinski definition) is 2. The molecule has 1 aliphatic rings. The average Bonchev–Trinajstić information content (AvgIpc) is 2.55. The number of amides is 2. The summed E-state index contributed by atoms with van der Waals surface area (Å²) in [7, 11) is 0. The van der Waals surface area contributed by atoms with E-state index in [-0.39, 0.29) is 18.5 Å². The Morgan fingerprint density at radius 3 is 2.88 bits per heavy atom. The number of anilines is 1. The summed E-state index contributed by atoms with van der Waals surface area (Å²) in [5.41, 5.74) is 1.31. The number of aliphatic carboxylic acids is 1. The van der Waals surface area contributed by atoms with Crippen molar-refractivity contribution in [1.29, 1.82) is 0 Å². The highest BCUT2D eigenvalue weighted by atomic mass is 79.9. The second-order valence-electron chi connectivity index (χ2n) is 6.21. The largest absolute Gasteiger partial charge is 0.481 e. The van der Waals surface area contributed by atoms with Gasteiger partial charge in [0, 0.05) is 29.1 Å². The van der Waals surface area contributed by atoms with Gasteiger partial charge in [-0.1, -0.05) is 35.0 Å². The Labute approximate surface area is 148 Å². The summed E-state index contributed by atoms with van der Waals surface area (Å²) in [6.07, 6.45) is 2.27. The average molecular weight is 392 g/mol. The molecule has 6 nitrogen and oxygen atoms in total. The number of pyridine rings is 1. The summed E-state index contributed by atoms with van der Waals surface area (Å²) in [6.45, 7) is 2.75. The van der Waals surface area contributed by atoms with E-state index < -0.39 is 11.9 Å². The lowest BCUT2D eigenvalue weighted by Crippen LogP contribution is -2.47. The van der Waals surface area contributed by atoms with Crippen LogP contribution in [0.25, 0.3) is 10.9 Å². The van der Waals surface area contributed by atoms with Crippen LogP contribution in [0.15, 0.2) is 34.9 Å². The number of para-hydroxylation sites is 1. The number of piperidine rings is 1. The lowest BCUT2D eigenvalue weighted by Gasteiger charge is -2.34. The summed E-state index contributed by atoms with van der Waals surface area (Å²) in [5.74, 6) is -1.21. The highest BCUT2D eigenvalue weighted by Crippen LogP contribution is 2.28. The molecule has 2 aromatic rings. The van der Waals surface area contributed by atoms with Gasteiger partial charge in [0.25, 0.3) is 0 Å². The van der Waals surface area contributed by atoms with Crippen LogP contribution in [-0.2, 0) is 4.79 Å². The van der Waals surface area contributed by atoms with Gasteiger partial charge in [-0.25, -0.2) is 4.79 Å². The van der Waals surface area contributed by atoms with E-state index in [1.165, 1.54) is 0 Å². The summed E-state index contributed by atoms with van der Waals surface area (Å²) in [5, 5.41) is 13.0. The number of likely N-dealkylation sites (tertiary alicyclic amines) is 1. The van der Waals surface area contributed by atoms with Crippen molar-refractivity contribution in [3.05, 3.63) is 34.9 Å². The van der Waals surface area contributed by atoms with Gasteiger partial charge in [0.2, 0.25) is 0 Å². The van der Waals surface area contributed by atoms with Crippen LogP contribution >= 0.6 is 15.9 Å². The molecule has 24 heavy (non-hydrogen) atoms. The lowest BCUT2D eigenvalue weighted by atomic mass is 9.91. The van der Waals surface area contributed by atoms with Crippen LogP contribution in [0.3, 0.4) is 0 Å². The zero-order valence-corrected chi connectivity index (χ0v) is 14.8. The minimum absolute atomic E-state index is 0.158. The molecule has 7 heteroatoms. The van der Waals surface area contributed by atoms with Crippen molar-refractivity contribution in [3.8, 4) is 0 Å². The first-order valence-corrected chi connectivity index (χ1v) is 8.57. The molecule has 2 N–H and O–H groups in total. The predicted octanol–water partition coefficient (Wildman–Crippen LogP) is 3.57. The minimum Gasteiger partial charge on any atom is -0.481 e. The Morgan fingerprint density at radius 1 is 1.33 bits per heavy atom. The summed E-state index contributed by atoms with van der Waals surface area (Å²) in [6, 6.07) is 7.12. The molecule has 0 spiro atoms. The fraction of sp³-hybridized carbons (Fsp3) is 0.353. The molecule has 1 aliphatic heterocycles. The number of carbonyl (C=O) groups is 2. The van der Waals surface area contributed by atoms with Crippen LogP contribution in [0.5, 0.6) is 0 Å². The van der Waals surface area contributed by atoms with Gasteiger partial charge in [0.05, 0.1) is 17.1 Å². The molecule has 1 aromatic heterocycles. The van der Waals surface area contributed by atoms with Crippen molar-refractivity contribution in [3.63, 3.8) is 0 Å². The molecule has 2 amide bonds. The van der Waals surface area contributed by atoms with E-state index in [1.54, 1.807) is 17.2 Å². The molecule has 0 aliphatic carbocycles. The zero-order chi connectivity index (χ0) is 17.3. The second kappa shape index (κ2) is 6.76. The van der Waals surface area contributed by atoms with E-state index in [0.29, 0.717) is 24.2 Å². The molecule has 1 saturated heterocycles. The molecule has 1 aromatic carbocycles. The number of carbonyl (C=O) groups excluding carboxylic acids is 1. The predicted molar refractivity (Wildman–Crippen MR) is 94.9 cm³/mol. The highest BCUT2D eigenvalue weighted by Gasteiger charge is 2.32. The number of carboxylic acid groups (broad SMARTS) is 1. The fourth-order valence-corrected chi connectivity index (χ4v) is 3.57. The molecule has 0 radical (unpaired) electrons. The first-order chi connectivity index (χ1) is 11.5. The number of carboxylic acids is 1. The molecule has 2 unspecified atom stereocenters. The molecule has 126 valence electrons. The lowest BCUT2D eigenvalue weighted by molar-refractivity contribution is -0.143. The SMILES string of the molecule is CC1CC(C(=O)O)CN(C(=O)Nc2cccc3c(Br)ccnc23)C1. The number of halogens is 1. The van der Waals surface area contributed by atoms with Gasteiger partial charge in [-0.2, -0.15) is 0 Å². The highest BCUT2D eigenvalue weighted by molar-refractivity contribution is 9.10. The maximum Gasteiger partial charge on any atom is 0.321 e. The third-order valence-corrected chi connectivity index (χ3v) is 4.95. The van der Waals surface area contributed by atoms with E-state index in [4.69, 9.17) is 0 Å². The first-order valence-electron chi connectivity index (χ1n) is 7.77. The Morgan fingerprint density at radius 2 is 2.12 bits per heavy atom. The smallest absolute Gasteiger partial charge is 0.321 e. The fourth-order valence-electron chi connectivity index (χ4n) is 3.13. The Kier molecular flexibility index (Phi) is 4.71. The number of hydrogen-bond acceptors (Lipinski definition) is 3. The standard InChI is InChI=1S/C17H18BrN3O3/c1-10-7-11(16(22)23)9-21(8-10)17(24)20-14-4-2-3-12-13(18)5-6-19-15(12)14/h2-6,10-11H,7-9H2,1H3,(H,20,24)(H,22,23). The van der Waals surface area contributed by atoms with Crippen molar-refractivity contribution in [2.45, 2.75) is 13.3 Å². The third-order valence-electron chi connectivity index (χ3n) is 4.26. The van der Waals surface area contributed by atoms with Crippen LogP contribution in [0.2, 0.25) is 0 Å². The van der Waals surface area contributed by atoms with Gasteiger partial charge in [-0.15, -0.1) is 0 Å². The molecule has 1 fully saturated rings. The number of rotatable bonds is 2. The van der Waals surface area contributed by atoms with Gasteiger partial charge in [-0.05, 0) is 24.5 Å². The van der Waals surface area contributed by atoms with Crippen molar-refractivity contribution in [2.75, 3.05) is 18.4 Å². The molecule has 0 bridgehead atoms. The molecule has 2 atom stereocenters. The number of nitrogens with one attached hydrogen (secondary N) is 1. The quantitative estimate of drug-likeness (QED) is 0.819. The number of nitrogens with zero attached hydrogens (tertiary/aromatic N) is 2. The van der Waals surface area contributed by atoms with Crippen molar-refractivity contribution >= 4 is 44.5 Å². The van der Waals surface area contributed by atoms with Crippen LogP contribution < -0.4 is 5.32 Å². The second-order valence-corrected chi connectivity index (χ2v) is 7.06. The number of benzene rings is 1. The van der Waals surface area contributed by atoms with Gasteiger partial charge in [0.15, 0.2) is 0 Å². The topological polar surface area (TPSA) is 82.5 Å². The van der Waals surface area contributed by atoms with Crippen LogP contribution in [0.1, 0.15) is 13.3 Å². The number of urea groups is 1. The van der Waals surface area contributed by atoms with Crippen molar-refractivity contribution < 1.29 is 14.7 Å². The van der Waals surface area contributed by atoms with E-state index in [9.17, 15) is 14.7 Å². The van der Waals surface area contributed by atoms with Crippen molar-refractivity contribution in [2.24, 2.45) is 11.8 Å². The summed E-state index contributed by atoms with van der Waals surface area (Å²) < 4.78 is 0.904. The van der Waals surface area contributed by atoms with Crippen LogP contribution in [0.4, 0.5) is 10.5 Å². The van der Waals surface area contributed by atoms with Gasteiger partial charge in [0.1, 0.15) is 0 Å². The first kappa shape index (κ1) is 16.7. The van der Waals surface area contributed by atoms with Crippen LogP contribution in [-0.4, -0.2) is 40.1 Å². The summed E-state index contributed by atoms with van der Waals surface area (Å²) >= 11 is 3.48. The Hall–Kier alpha value is -2.15. The van der Waals surface area contributed by atoms with E-state index in [1.807, 2.05) is 25.1 Å². The van der Waals surface area contributed by atoms with Gasteiger partial charge < -0.3 is 15.3 Å². The molecule has 3 rings (SSSR count). The van der Waals surface area contributed by atoms with Gasteiger partial charge >= 0.3 is 12.0 Å². The van der Waals surface area contributed by atoms with Crippen molar-refractivity contribution in [1.82, 2.24) is 9.88 Å². The van der Waals surface area contributed by atoms with E-state index >= 15 is 0 Å². The van der Waals surface area contributed by atoms with E-state index in [0.717, 1.165) is 9.86 Å². The van der Waals surface area contributed by atoms with E-state index in [2.05, 4.69) is 26.2 Å². The van der Waals surface area contributed by atoms with Gasteiger partial charge in [-0.3, -0.25) is 9.78 Å². The number of fused-ring (bicyclic) bond motifs is 1. The summed E-state index contributed by atoms with van der Waals surface area (Å²) in [4.78, 5) is 29.8. The minimum atomic E-state index is -0.852. The Balaban J connectivity index is 1.82. The van der Waals surface area contributed by atoms with Crippen LogP contribution in [0, 0.1) is 11.8 Å². The molecular formula is C17H18BrN3O3. The molecule has 0 saturated carbocycles. The Bertz CT molecular complexity index is 796. The monoisotopic (exact) mass is 391 g/mol. The molecular weight excluding hydrogens is 374 g/mol. The maximum atomic E-state index is 12.6. The molecule has 2 heterocycles. The number of aromatic nitrogens is 1. The zero-order valence-electron chi connectivity index (χ0n) is 13.2. The third kappa shape index (κ3) is 3.36. The normalized spacial score (nSPS) is 20.8. The maximum absolute atomic E-state index is 12.6.